The van der Waals surface area contributed by atoms with Crippen LogP contribution in [0.15, 0.2) is 24.3 Å². The summed E-state index contributed by atoms with van der Waals surface area (Å²) in [6.45, 7) is 7.64. The van der Waals surface area contributed by atoms with E-state index in [-0.39, 0.29) is 12.0 Å². The molecule has 4 heteroatoms. The Bertz CT molecular complexity index is 408. The Morgan fingerprint density at radius 2 is 1.89 bits per heavy atom. The lowest BCUT2D eigenvalue weighted by molar-refractivity contribution is -0.136. The maximum absolute atomic E-state index is 12.1. The third kappa shape index (κ3) is 4.24. The molecule has 1 aromatic carbocycles. The van der Waals surface area contributed by atoms with Crippen LogP contribution in [0.2, 0.25) is 0 Å². The summed E-state index contributed by atoms with van der Waals surface area (Å²) in [5.41, 5.74) is -0.0644. The third-order valence-electron chi connectivity index (χ3n) is 3.09. The van der Waals surface area contributed by atoms with Crippen molar-refractivity contribution in [1.82, 2.24) is 0 Å². The fourth-order valence-corrected chi connectivity index (χ4v) is 1.55. The van der Waals surface area contributed by atoms with Crippen molar-refractivity contribution in [3.8, 4) is 5.75 Å². The van der Waals surface area contributed by atoms with Crippen LogP contribution >= 0.6 is 0 Å². The molecule has 1 N–H and O–H groups in total. The van der Waals surface area contributed by atoms with E-state index in [1.54, 1.807) is 14.0 Å². The average Bonchev–Trinajstić information content (AvgIpc) is 2.39. The number of hydrogen-bond acceptors (Lipinski definition) is 3. The molecule has 4 nitrogen and oxygen atoms in total. The molecule has 1 amide bonds. The second kappa shape index (κ2) is 6.57. The predicted octanol–water partition coefficient (Wildman–Crippen LogP) is 3.23. The average molecular weight is 265 g/mol. The Balaban J connectivity index is 2.70. The molecule has 0 saturated heterocycles. The van der Waals surface area contributed by atoms with Crippen molar-refractivity contribution in [3.63, 3.8) is 0 Å². The standard InChI is InChI=1S/C15H23NO3/c1-6-15(4,18-5)14(17)16-12-7-9-13(10-8-12)19-11(2)3/h7-11H,6H2,1-5H3,(H,16,17)/t15-/m0/s1. The molecule has 1 aromatic rings. The minimum atomic E-state index is -0.799. The van der Waals surface area contributed by atoms with E-state index in [9.17, 15) is 4.79 Å². The molecule has 0 fully saturated rings. The van der Waals surface area contributed by atoms with Crippen LogP contribution in [0.25, 0.3) is 0 Å². The number of amides is 1. The highest BCUT2D eigenvalue weighted by Gasteiger charge is 2.30. The van der Waals surface area contributed by atoms with Crippen LogP contribution in [0.4, 0.5) is 5.69 Å². The summed E-state index contributed by atoms with van der Waals surface area (Å²) in [4.78, 5) is 12.1. The van der Waals surface area contributed by atoms with E-state index in [0.717, 1.165) is 11.4 Å². The molecule has 19 heavy (non-hydrogen) atoms. The van der Waals surface area contributed by atoms with E-state index in [1.807, 2.05) is 45.0 Å². The molecule has 0 bridgehead atoms. The smallest absolute Gasteiger partial charge is 0.256 e. The second-order valence-electron chi connectivity index (χ2n) is 4.93. The van der Waals surface area contributed by atoms with Crippen molar-refractivity contribution >= 4 is 11.6 Å². The molecule has 1 rings (SSSR count). The number of methoxy groups -OCH3 is 1. The van der Waals surface area contributed by atoms with Crippen LogP contribution in [-0.2, 0) is 9.53 Å². The minimum absolute atomic E-state index is 0.136. The molecule has 0 aliphatic carbocycles. The SMILES string of the molecule is CC[C@](C)(OC)C(=O)Nc1ccc(OC(C)C)cc1. The zero-order valence-corrected chi connectivity index (χ0v) is 12.3. The lowest BCUT2D eigenvalue weighted by Crippen LogP contribution is -2.41. The van der Waals surface area contributed by atoms with Gasteiger partial charge in [0.15, 0.2) is 0 Å². The van der Waals surface area contributed by atoms with Gasteiger partial charge in [-0.2, -0.15) is 0 Å². The summed E-state index contributed by atoms with van der Waals surface area (Å²) in [6, 6.07) is 7.32. The molecular weight excluding hydrogens is 242 g/mol. The minimum Gasteiger partial charge on any atom is -0.491 e. The first-order chi connectivity index (χ1) is 8.91. The van der Waals surface area contributed by atoms with E-state index in [0.29, 0.717) is 6.42 Å². The maximum atomic E-state index is 12.1. The van der Waals surface area contributed by atoms with Crippen LogP contribution in [-0.4, -0.2) is 24.7 Å². The van der Waals surface area contributed by atoms with Crippen LogP contribution in [0.5, 0.6) is 5.75 Å². The Morgan fingerprint density at radius 3 is 2.32 bits per heavy atom. The highest BCUT2D eigenvalue weighted by molar-refractivity contribution is 5.97. The van der Waals surface area contributed by atoms with Crippen molar-refractivity contribution in [2.24, 2.45) is 0 Å². The number of anilines is 1. The lowest BCUT2D eigenvalue weighted by atomic mass is 10.0. The molecule has 0 aliphatic heterocycles. The second-order valence-corrected chi connectivity index (χ2v) is 4.93. The molecule has 106 valence electrons. The molecule has 0 radical (unpaired) electrons. The van der Waals surface area contributed by atoms with E-state index < -0.39 is 5.60 Å². The van der Waals surface area contributed by atoms with Crippen molar-refractivity contribution < 1.29 is 14.3 Å². The van der Waals surface area contributed by atoms with Crippen molar-refractivity contribution in [2.45, 2.75) is 45.8 Å². The predicted molar refractivity (Wildman–Crippen MR) is 76.5 cm³/mol. The molecule has 0 heterocycles. The quantitative estimate of drug-likeness (QED) is 0.859. The molecule has 0 spiro atoms. The van der Waals surface area contributed by atoms with Crippen molar-refractivity contribution in [3.05, 3.63) is 24.3 Å². The Labute approximate surface area is 115 Å². The Morgan fingerprint density at radius 1 is 1.32 bits per heavy atom. The first-order valence-corrected chi connectivity index (χ1v) is 6.54. The summed E-state index contributed by atoms with van der Waals surface area (Å²) in [5, 5.41) is 2.85. The molecule has 0 unspecified atom stereocenters. The monoisotopic (exact) mass is 265 g/mol. The number of ether oxygens (including phenoxy) is 2. The number of rotatable bonds is 6. The first kappa shape index (κ1) is 15.5. The van der Waals surface area contributed by atoms with E-state index in [1.165, 1.54) is 0 Å². The summed E-state index contributed by atoms with van der Waals surface area (Å²) < 4.78 is 10.8. The summed E-state index contributed by atoms with van der Waals surface area (Å²) in [7, 11) is 1.54. The molecular formula is C15H23NO3. The van der Waals surface area contributed by atoms with E-state index >= 15 is 0 Å². The number of nitrogens with one attached hydrogen (secondary N) is 1. The van der Waals surface area contributed by atoms with Gasteiger partial charge in [-0.3, -0.25) is 4.79 Å². The van der Waals surface area contributed by atoms with Gasteiger partial charge in [0.2, 0.25) is 0 Å². The zero-order valence-electron chi connectivity index (χ0n) is 12.3. The zero-order chi connectivity index (χ0) is 14.5. The molecule has 0 aromatic heterocycles. The normalized spacial score (nSPS) is 14.0. The van der Waals surface area contributed by atoms with Gasteiger partial charge in [0.1, 0.15) is 11.4 Å². The number of benzene rings is 1. The fraction of sp³-hybridized carbons (Fsp3) is 0.533. The van der Waals surface area contributed by atoms with Gasteiger partial charge in [0.25, 0.3) is 5.91 Å². The third-order valence-corrected chi connectivity index (χ3v) is 3.09. The van der Waals surface area contributed by atoms with Gasteiger partial charge in [-0.25, -0.2) is 0 Å². The van der Waals surface area contributed by atoms with Gasteiger partial charge in [-0.15, -0.1) is 0 Å². The lowest BCUT2D eigenvalue weighted by Gasteiger charge is -2.25. The highest BCUT2D eigenvalue weighted by Crippen LogP contribution is 2.20. The molecule has 1 atom stereocenters. The number of carbonyl (C=O) groups is 1. The van der Waals surface area contributed by atoms with Crippen LogP contribution in [0.3, 0.4) is 0 Å². The number of carbonyl (C=O) groups excluding carboxylic acids is 1. The molecule has 0 aliphatic rings. The van der Waals surface area contributed by atoms with Gasteiger partial charge in [-0.1, -0.05) is 6.92 Å². The summed E-state index contributed by atoms with van der Waals surface area (Å²) in [6.07, 6.45) is 0.751. The highest BCUT2D eigenvalue weighted by atomic mass is 16.5. The maximum Gasteiger partial charge on any atom is 0.256 e. The van der Waals surface area contributed by atoms with Gasteiger partial charge in [0, 0.05) is 12.8 Å². The largest absolute Gasteiger partial charge is 0.491 e. The Kier molecular flexibility index (Phi) is 5.36. The molecule has 0 saturated carbocycles. The van der Waals surface area contributed by atoms with Crippen molar-refractivity contribution in [1.29, 1.82) is 0 Å². The topological polar surface area (TPSA) is 47.6 Å². The van der Waals surface area contributed by atoms with E-state index in [2.05, 4.69) is 5.32 Å². The Hall–Kier alpha value is -1.55. The van der Waals surface area contributed by atoms with Crippen molar-refractivity contribution in [2.75, 3.05) is 12.4 Å². The van der Waals surface area contributed by atoms with Crippen LogP contribution in [0, 0.1) is 0 Å². The van der Waals surface area contributed by atoms with E-state index in [4.69, 9.17) is 9.47 Å². The van der Waals surface area contributed by atoms with Gasteiger partial charge >= 0.3 is 0 Å². The first-order valence-electron chi connectivity index (χ1n) is 6.54. The number of hydrogen-bond donors (Lipinski definition) is 1. The van der Waals surface area contributed by atoms with Crippen LogP contribution in [0.1, 0.15) is 34.1 Å². The summed E-state index contributed by atoms with van der Waals surface area (Å²) in [5.74, 6) is 0.646. The summed E-state index contributed by atoms with van der Waals surface area (Å²) >= 11 is 0. The van der Waals surface area contributed by atoms with Gasteiger partial charge in [0.05, 0.1) is 6.10 Å². The van der Waals surface area contributed by atoms with Gasteiger partial charge < -0.3 is 14.8 Å². The van der Waals surface area contributed by atoms with Crippen LogP contribution < -0.4 is 10.1 Å². The fourth-order valence-electron chi connectivity index (χ4n) is 1.55. The van der Waals surface area contributed by atoms with Gasteiger partial charge in [-0.05, 0) is 51.5 Å².